The summed E-state index contributed by atoms with van der Waals surface area (Å²) in [6.07, 6.45) is 9.85. The molecule has 2 aliphatic heterocycles. The summed E-state index contributed by atoms with van der Waals surface area (Å²) in [6, 6.07) is 14.0. The van der Waals surface area contributed by atoms with Crippen molar-refractivity contribution in [3.63, 3.8) is 0 Å². The number of allylic oxidation sites excluding steroid dienone is 4. The van der Waals surface area contributed by atoms with Crippen LogP contribution in [0.4, 0.5) is 5.69 Å². The summed E-state index contributed by atoms with van der Waals surface area (Å²) in [7, 11) is 2.15. The van der Waals surface area contributed by atoms with Crippen molar-refractivity contribution in [2.75, 3.05) is 7.05 Å². The van der Waals surface area contributed by atoms with Crippen LogP contribution in [0.2, 0.25) is 0 Å². The van der Waals surface area contributed by atoms with E-state index >= 15 is 0 Å². The number of rotatable bonds is 2. The second-order valence-electron chi connectivity index (χ2n) is 8.62. The van der Waals surface area contributed by atoms with Crippen LogP contribution < -0.4 is 4.74 Å². The second kappa shape index (κ2) is 6.48. The maximum absolute atomic E-state index is 9.83. The molecular formula is C26H26NO2+. The summed E-state index contributed by atoms with van der Waals surface area (Å²) < 4.78 is 8.56. The third-order valence-corrected chi connectivity index (χ3v) is 6.40. The Bertz CT molecular complexity index is 1150. The summed E-state index contributed by atoms with van der Waals surface area (Å²) in [5, 5.41) is 9.83. The van der Waals surface area contributed by atoms with E-state index in [4.69, 9.17) is 4.74 Å². The monoisotopic (exact) mass is 384 g/mol. The Hall–Kier alpha value is -3.07. The Morgan fingerprint density at radius 1 is 1.07 bits per heavy atom. The molecule has 0 aromatic heterocycles. The number of para-hydroxylation sites is 1. The summed E-state index contributed by atoms with van der Waals surface area (Å²) in [6.45, 7) is 4.57. The first-order chi connectivity index (χ1) is 13.9. The standard InChI is InChI=1S/C26H25NO2/c1-26(2)21-9-4-5-10-22(21)27(3)24(26)14-12-17-7-6-8-19-15-18-11-13-20(28)16-23(18)29-25(17)19/h4-5,9-16H,6-8H2,1-3H3/p+1. The fraction of sp³-hybridized carbons (Fsp3) is 0.269. The van der Waals surface area contributed by atoms with Gasteiger partial charge in [0.25, 0.3) is 0 Å². The number of aromatic hydroxyl groups is 1. The van der Waals surface area contributed by atoms with E-state index in [0.29, 0.717) is 0 Å². The fourth-order valence-electron chi connectivity index (χ4n) is 4.84. The van der Waals surface area contributed by atoms with Crippen LogP contribution in [-0.4, -0.2) is 22.4 Å². The van der Waals surface area contributed by atoms with Gasteiger partial charge in [-0.15, -0.1) is 0 Å². The van der Waals surface area contributed by atoms with Crippen LogP contribution >= 0.6 is 0 Å². The third kappa shape index (κ3) is 2.84. The van der Waals surface area contributed by atoms with Gasteiger partial charge in [-0.3, -0.25) is 0 Å². The quantitative estimate of drug-likeness (QED) is 0.657. The minimum atomic E-state index is -0.0355. The number of phenols is 1. The number of ether oxygens (including phenoxy) is 1. The van der Waals surface area contributed by atoms with Gasteiger partial charge in [0.1, 0.15) is 24.3 Å². The van der Waals surface area contributed by atoms with E-state index in [1.807, 2.05) is 6.07 Å². The molecule has 0 spiro atoms. The molecule has 3 nitrogen and oxygen atoms in total. The lowest BCUT2D eigenvalue weighted by atomic mass is 9.81. The van der Waals surface area contributed by atoms with Gasteiger partial charge in [-0.05, 0) is 68.5 Å². The van der Waals surface area contributed by atoms with E-state index in [1.54, 1.807) is 12.1 Å². The highest BCUT2D eigenvalue weighted by Gasteiger charge is 2.42. The summed E-state index contributed by atoms with van der Waals surface area (Å²) in [5.74, 6) is 1.92. The van der Waals surface area contributed by atoms with E-state index in [-0.39, 0.29) is 11.2 Å². The van der Waals surface area contributed by atoms with Gasteiger partial charge >= 0.3 is 0 Å². The van der Waals surface area contributed by atoms with Crippen molar-refractivity contribution < 1.29 is 14.4 Å². The number of hydrogen-bond acceptors (Lipinski definition) is 2. The van der Waals surface area contributed by atoms with E-state index in [1.165, 1.54) is 28.1 Å². The molecule has 2 aromatic carbocycles. The molecule has 3 aliphatic rings. The molecule has 3 heteroatoms. The molecule has 0 bridgehead atoms. The molecular weight excluding hydrogens is 358 g/mol. The first-order valence-corrected chi connectivity index (χ1v) is 10.3. The molecule has 0 saturated heterocycles. The van der Waals surface area contributed by atoms with Crippen LogP contribution in [0.1, 0.15) is 44.2 Å². The maximum atomic E-state index is 9.83. The molecule has 146 valence electrons. The highest BCUT2D eigenvalue weighted by molar-refractivity contribution is 6.03. The lowest BCUT2D eigenvalue weighted by Crippen LogP contribution is -2.26. The van der Waals surface area contributed by atoms with Crippen molar-refractivity contribution in [3.05, 3.63) is 82.6 Å². The topological polar surface area (TPSA) is 32.5 Å². The van der Waals surface area contributed by atoms with Crippen LogP contribution in [0.15, 0.2) is 71.5 Å². The number of benzene rings is 2. The molecule has 1 aliphatic carbocycles. The molecule has 0 saturated carbocycles. The zero-order valence-electron chi connectivity index (χ0n) is 17.2. The predicted molar refractivity (Wildman–Crippen MR) is 117 cm³/mol. The van der Waals surface area contributed by atoms with Crippen LogP contribution in [0.25, 0.3) is 6.08 Å². The Morgan fingerprint density at radius 2 is 1.90 bits per heavy atom. The lowest BCUT2D eigenvalue weighted by molar-refractivity contribution is -0.401. The van der Waals surface area contributed by atoms with Gasteiger partial charge in [0, 0.05) is 29.3 Å². The molecule has 5 rings (SSSR count). The minimum absolute atomic E-state index is 0.0355. The highest BCUT2D eigenvalue weighted by atomic mass is 16.5. The average molecular weight is 384 g/mol. The Balaban J connectivity index is 1.54. The third-order valence-electron chi connectivity index (χ3n) is 6.40. The molecule has 0 radical (unpaired) electrons. The fourth-order valence-corrected chi connectivity index (χ4v) is 4.84. The first kappa shape index (κ1) is 18.0. The van der Waals surface area contributed by atoms with E-state index in [0.717, 1.165) is 36.3 Å². The molecule has 2 heterocycles. The van der Waals surface area contributed by atoms with Crippen molar-refractivity contribution >= 4 is 17.5 Å². The maximum Gasteiger partial charge on any atom is 0.209 e. The second-order valence-corrected chi connectivity index (χ2v) is 8.62. The van der Waals surface area contributed by atoms with Crippen LogP contribution in [0.5, 0.6) is 11.5 Å². The van der Waals surface area contributed by atoms with E-state index in [2.05, 4.69) is 68.0 Å². The van der Waals surface area contributed by atoms with Gasteiger partial charge in [0.2, 0.25) is 5.69 Å². The van der Waals surface area contributed by atoms with Gasteiger partial charge in [0.05, 0.1) is 5.41 Å². The largest absolute Gasteiger partial charge is 0.508 e. The molecule has 2 aromatic rings. The average Bonchev–Trinajstić information content (AvgIpc) is 2.91. The van der Waals surface area contributed by atoms with Gasteiger partial charge in [-0.1, -0.05) is 18.2 Å². The minimum Gasteiger partial charge on any atom is -0.508 e. The van der Waals surface area contributed by atoms with Crippen molar-refractivity contribution in [2.45, 2.75) is 38.5 Å². The Morgan fingerprint density at radius 3 is 2.72 bits per heavy atom. The first-order valence-electron chi connectivity index (χ1n) is 10.3. The Labute approximate surface area is 172 Å². The number of nitrogens with zero attached hydrogens (tertiary/aromatic N) is 1. The van der Waals surface area contributed by atoms with Crippen molar-refractivity contribution in [1.29, 1.82) is 0 Å². The predicted octanol–water partition coefficient (Wildman–Crippen LogP) is 5.87. The zero-order valence-corrected chi connectivity index (χ0v) is 17.2. The normalized spacial score (nSPS) is 19.6. The number of fused-ring (bicyclic) bond motifs is 3. The van der Waals surface area contributed by atoms with E-state index < -0.39 is 0 Å². The number of phenolic OH excluding ortho intramolecular Hbond substituents is 1. The van der Waals surface area contributed by atoms with Gasteiger partial charge in [-0.25, -0.2) is 0 Å². The summed E-state index contributed by atoms with van der Waals surface area (Å²) >= 11 is 0. The molecule has 0 amide bonds. The SMILES string of the molecule is C[N+]1=C(/C=C/C2=C3Oc4cc(O)ccc4C=C3CCC2)C(C)(C)c2ccccc21. The molecule has 29 heavy (non-hydrogen) atoms. The van der Waals surface area contributed by atoms with Crippen LogP contribution in [0, 0.1) is 0 Å². The van der Waals surface area contributed by atoms with Crippen molar-refractivity contribution in [3.8, 4) is 11.5 Å². The highest BCUT2D eigenvalue weighted by Crippen LogP contribution is 2.42. The van der Waals surface area contributed by atoms with E-state index in [9.17, 15) is 5.11 Å². The van der Waals surface area contributed by atoms with Gasteiger partial charge in [0.15, 0.2) is 5.71 Å². The smallest absolute Gasteiger partial charge is 0.209 e. The van der Waals surface area contributed by atoms with Crippen molar-refractivity contribution in [1.82, 2.24) is 0 Å². The number of hydrogen-bond donors (Lipinski definition) is 1. The Kier molecular flexibility index (Phi) is 4.02. The molecule has 0 atom stereocenters. The van der Waals surface area contributed by atoms with Crippen LogP contribution in [-0.2, 0) is 5.41 Å². The van der Waals surface area contributed by atoms with Gasteiger partial charge in [-0.2, -0.15) is 4.58 Å². The van der Waals surface area contributed by atoms with Gasteiger partial charge < -0.3 is 9.84 Å². The van der Waals surface area contributed by atoms with Crippen LogP contribution in [0.3, 0.4) is 0 Å². The van der Waals surface area contributed by atoms with Crippen molar-refractivity contribution in [2.24, 2.45) is 0 Å². The zero-order chi connectivity index (χ0) is 20.2. The molecule has 1 N–H and O–H groups in total. The molecule has 0 unspecified atom stereocenters. The summed E-state index contributed by atoms with van der Waals surface area (Å²) in [5.41, 5.74) is 7.40. The lowest BCUT2D eigenvalue weighted by Gasteiger charge is -2.26. The molecule has 0 fully saturated rings. The summed E-state index contributed by atoms with van der Waals surface area (Å²) in [4.78, 5) is 0.